The van der Waals surface area contributed by atoms with E-state index in [1.807, 2.05) is 30.3 Å². The largest absolute Gasteiger partial charge is 0.350 e. The molecule has 2 N–H and O–H groups in total. The number of nitrogens with one attached hydrogen (secondary N) is 2. The van der Waals surface area contributed by atoms with Crippen molar-refractivity contribution in [3.8, 4) is 0 Å². The number of Topliss-reactive ketones (excluding diaryl/α,β-unsaturated/α-hetero) is 1. The first-order valence-corrected chi connectivity index (χ1v) is 8.78. The van der Waals surface area contributed by atoms with Gasteiger partial charge in [0.15, 0.2) is 5.78 Å². The fraction of sp³-hybridized carbons (Fsp3) is 0.250. The van der Waals surface area contributed by atoms with Crippen LogP contribution in [0.15, 0.2) is 54.6 Å². The van der Waals surface area contributed by atoms with Crippen LogP contribution >= 0.6 is 11.6 Å². The number of hydrogen-bond donors (Lipinski definition) is 2. The Morgan fingerprint density at radius 3 is 2.19 bits per heavy atom. The number of amides is 2. The second-order valence-electron chi connectivity index (χ2n) is 5.82. The molecule has 0 heterocycles. The molecule has 0 saturated heterocycles. The van der Waals surface area contributed by atoms with Gasteiger partial charge in [-0.05, 0) is 24.1 Å². The van der Waals surface area contributed by atoms with Crippen molar-refractivity contribution in [2.24, 2.45) is 0 Å². The van der Waals surface area contributed by atoms with Crippen LogP contribution in [0.1, 0.15) is 35.2 Å². The van der Waals surface area contributed by atoms with Crippen molar-refractivity contribution in [2.45, 2.75) is 25.8 Å². The van der Waals surface area contributed by atoms with Crippen LogP contribution in [0.3, 0.4) is 0 Å². The van der Waals surface area contributed by atoms with Crippen LogP contribution in [-0.4, -0.2) is 24.1 Å². The van der Waals surface area contributed by atoms with Gasteiger partial charge in [0, 0.05) is 30.0 Å². The Labute approximate surface area is 157 Å². The van der Waals surface area contributed by atoms with Crippen molar-refractivity contribution in [3.63, 3.8) is 0 Å². The van der Waals surface area contributed by atoms with Crippen LogP contribution in [0, 0.1) is 0 Å². The van der Waals surface area contributed by atoms with Crippen LogP contribution in [0.2, 0.25) is 5.02 Å². The van der Waals surface area contributed by atoms with E-state index in [1.165, 1.54) is 0 Å². The zero-order valence-electron chi connectivity index (χ0n) is 14.3. The highest BCUT2D eigenvalue weighted by Gasteiger charge is 2.08. The second-order valence-corrected chi connectivity index (χ2v) is 6.26. The topological polar surface area (TPSA) is 75.3 Å². The first-order valence-electron chi connectivity index (χ1n) is 8.40. The van der Waals surface area contributed by atoms with E-state index in [0.29, 0.717) is 30.0 Å². The number of ketones is 1. The summed E-state index contributed by atoms with van der Waals surface area (Å²) in [6.07, 6.45) is 0.967. The molecule has 136 valence electrons. The SMILES string of the molecule is O=C(CCCC(=O)c1ccccc1)NCC(=O)NCc1ccc(Cl)cc1. The number of hydrogen-bond acceptors (Lipinski definition) is 3. The predicted octanol–water partition coefficient (Wildman–Crippen LogP) is 3.13. The van der Waals surface area contributed by atoms with E-state index in [2.05, 4.69) is 10.6 Å². The van der Waals surface area contributed by atoms with Crippen LogP contribution in [0.25, 0.3) is 0 Å². The van der Waals surface area contributed by atoms with Crippen LogP contribution in [-0.2, 0) is 16.1 Å². The molecule has 5 nitrogen and oxygen atoms in total. The van der Waals surface area contributed by atoms with Crippen molar-refractivity contribution < 1.29 is 14.4 Å². The maximum atomic E-state index is 11.9. The molecule has 0 bridgehead atoms. The number of carbonyl (C=O) groups is 3. The Balaban J connectivity index is 1.60. The Kier molecular flexibility index (Phi) is 7.83. The normalized spacial score (nSPS) is 10.2. The molecule has 0 fully saturated rings. The van der Waals surface area contributed by atoms with E-state index in [0.717, 1.165) is 5.56 Å². The van der Waals surface area contributed by atoms with Gasteiger partial charge in [0.1, 0.15) is 0 Å². The summed E-state index contributed by atoms with van der Waals surface area (Å²) in [5, 5.41) is 5.91. The Hall–Kier alpha value is -2.66. The third-order valence-electron chi connectivity index (χ3n) is 3.75. The lowest BCUT2D eigenvalue weighted by atomic mass is 10.1. The fourth-order valence-electron chi connectivity index (χ4n) is 2.31. The van der Waals surface area contributed by atoms with Gasteiger partial charge in [-0.1, -0.05) is 54.1 Å². The third kappa shape index (κ3) is 7.07. The first-order chi connectivity index (χ1) is 12.5. The summed E-state index contributed by atoms with van der Waals surface area (Å²) in [6.45, 7) is 0.288. The van der Waals surface area contributed by atoms with Gasteiger partial charge >= 0.3 is 0 Å². The summed E-state index contributed by atoms with van der Waals surface area (Å²) in [5.74, 6) is -0.500. The van der Waals surface area contributed by atoms with Gasteiger partial charge in [-0.15, -0.1) is 0 Å². The van der Waals surface area contributed by atoms with Gasteiger partial charge in [0.25, 0.3) is 0 Å². The van der Waals surface area contributed by atoms with E-state index >= 15 is 0 Å². The van der Waals surface area contributed by atoms with Crippen molar-refractivity contribution in [3.05, 3.63) is 70.7 Å². The maximum absolute atomic E-state index is 11.9. The highest BCUT2D eigenvalue weighted by molar-refractivity contribution is 6.30. The minimum absolute atomic E-state index is 0.0131. The zero-order valence-corrected chi connectivity index (χ0v) is 15.1. The lowest BCUT2D eigenvalue weighted by molar-refractivity contribution is -0.126. The molecule has 26 heavy (non-hydrogen) atoms. The van der Waals surface area contributed by atoms with Gasteiger partial charge < -0.3 is 10.6 Å². The predicted molar refractivity (Wildman–Crippen MR) is 101 cm³/mol. The molecule has 0 spiro atoms. The minimum atomic E-state index is -0.270. The highest BCUT2D eigenvalue weighted by atomic mass is 35.5. The first kappa shape index (κ1) is 19.7. The molecule has 2 aromatic rings. The van der Waals surface area contributed by atoms with E-state index < -0.39 is 0 Å². The van der Waals surface area contributed by atoms with E-state index in [4.69, 9.17) is 11.6 Å². The molecule has 0 aliphatic carbocycles. The maximum Gasteiger partial charge on any atom is 0.239 e. The quantitative estimate of drug-likeness (QED) is 0.664. The Morgan fingerprint density at radius 2 is 1.50 bits per heavy atom. The molecule has 0 atom stereocenters. The lowest BCUT2D eigenvalue weighted by Gasteiger charge is -2.07. The van der Waals surface area contributed by atoms with Gasteiger partial charge in [-0.3, -0.25) is 14.4 Å². The molecular weight excluding hydrogens is 352 g/mol. The molecule has 6 heteroatoms. The molecule has 0 saturated carbocycles. The van der Waals surface area contributed by atoms with Crippen LogP contribution in [0.4, 0.5) is 0 Å². The molecule has 2 amide bonds. The molecule has 0 radical (unpaired) electrons. The van der Waals surface area contributed by atoms with E-state index in [9.17, 15) is 14.4 Å². The summed E-state index contributed by atoms with van der Waals surface area (Å²) < 4.78 is 0. The summed E-state index contributed by atoms with van der Waals surface area (Å²) in [5.41, 5.74) is 1.57. The van der Waals surface area contributed by atoms with Crippen molar-refractivity contribution >= 4 is 29.2 Å². The molecule has 0 aliphatic heterocycles. The number of rotatable bonds is 9. The average molecular weight is 373 g/mol. The molecular formula is C20H21ClN2O3. The molecule has 0 aromatic heterocycles. The summed E-state index contributed by atoms with van der Waals surface area (Å²) in [7, 11) is 0. The monoisotopic (exact) mass is 372 g/mol. The summed E-state index contributed by atoms with van der Waals surface area (Å²) in [6, 6.07) is 16.1. The van der Waals surface area contributed by atoms with Gasteiger partial charge in [0.05, 0.1) is 6.54 Å². The zero-order chi connectivity index (χ0) is 18.8. The Bertz CT molecular complexity index is 745. The van der Waals surface area contributed by atoms with E-state index in [-0.39, 0.29) is 30.6 Å². The molecule has 0 aliphatic rings. The second kappa shape index (κ2) is 10.4. The molecule has 0 unspecified atom stereocenters. The molecule has 2 rings (SSSR count). The average Bonchev–Trinajstić information content (AvgIpc) is 2.66. The fourth-order valence-corrected chi connectivity index (χ4v) is 2.44. The van der Waals surface area contributed by atoms with Gasteiger partial charge in [0.2, 0.25) is 11.8 Å². The number of benzene rings is 2. The van der Waals surface area contributed by atoms with Crippen LogP contribution in [0.5, 0.6) is 0 Å². The Morgan fingerprint density at radius 1 is 0.808 bits per heavy atom. The summed E-state index contributed by atoms with van der Waals surface area (Å²) >= 11 is 5.80. The molecule has 2 aromatic carbocycles. The summed E-state index contributed by atoms with van der Waals surface area (Å²) in [4.78, 5) is 35.4. The van der Waals surface area contributed by atoms with Gasteiger partial charge in [-0.2, -0.15) is 0 Å². The minimum Gasteiger partial charge on any atom is -0.350 e. The van der Waals surface area contributed by atoms with E-state index in [1.54, 1.807) is 24.3 Å². The number of halogens is 1. The van der Waals surface area contributed by atoms with Crippen molar-refractivity contribution in [2.75, 3.05) is 6.54 Å². The standard InChI is InChI=1S/C20H21ClN2O3/c21-17-11-9-15(10-12-17)13-22-20(26)14-23-19(25)8-4-7-18(24)16-5-2-1-3-6-16/h1-3,5-6,9-12H,4,7-8,13-14H2,(H,22,26)(H,23,25). The highest BCUT2D eigenvalue weighted by Crippen LogP contribution is 2.09. The smallest absolute Gasteiger partial charge is 0.239 e. The van der Waals surface area contributed by atoms with Gasteiger partial charge in [-0.25, -0.2) is 0 Å². The van der Waals surface area contributed by atoms with Crippen molar-refractivity contribution in [1.82, 2.24) is 10.6 Å². The third-order valence-corrected chi connectivity index (χ3v) is 4.00. The number of carbonyl (C=O) groups excluding carboxylic acids is 3. The van der Waals surface area contributed by atoms with Crippen molar-refractivity contribution in [1.29, 1.82) is 0 Å². The van der Waals surface area contributed by atoms with Crippen LogP contribution < -0.4 is 10.6 Å². The lowest BCUT2D eigenvalue weighted by Crippen LogP contribution is -2.36.